The summed E-state index contributed by atoms with van der Waals surface area (Å²) in [6.45, 7) is 3.48. The van der Waals surface area contributed by atoms with Crippen molar-refractivity contribution in [2.45, 2.75) is 37.9 Å². The minimum Gasteiger partial charge on any atom is -0.392 e. The van der Waals surface area contributed by atoms with Crippen molar-refractivity contribution >= 4 is 22.6 Å². The second kappa shape index (κ2) is 4.98. The van der Waals surface area contributed by atoms with E-state index in [2.05, 4.69) is 9.97 Å². The Balaban J connectivity index is 1.85. The molecule has 1 aliphatic carbocycles. The van der Waals surface area contributed by atoms with Crippen LogP contribution in [0, 0.1) is 5.82 Å². The van der Waals surface area contributed by atoms with Crippen LogP contribution >= 0.6 is 11.6 Å². The molecule has 8 heteroatoms. The van der Waals surface area contributed by atoms with Gasteiger partial charge in [-0.3, -0.25) is 0 Å². The van der Waals surface area contributed by atoms with Crippen molar-refractivity contribution in [3.8, 4) is 0 Å². The predicted octanol–water partition coefficient (Wildman–Crippen LogP) is 2.22. The van der Waals surface area contributed by atoms with E-state index in [4.69, 9.17) is 21.1 Å². The van der Waals surface area contributed by atoms with Crippen LogP contribution in [0.4, 0.5) is 4.39 Å². The number of aliphatic hydroxyl groups excluding tert-OH is 1. The maximum absolute atomic E-state index is 14.3. The molecule has 1 saturated heterocycles. The SMILES string of the molecule is CC1(C)O[C@@H]2[C@H](O1)C(CO)=C[C@H]2n1cc(F)c2c(Cl)ncnc21. The normalized spacial score (nSPS) is 29.1. The first-order chi connectivity index (χ1) is 10.9. The first kappa shape index (κ1) is 15.0. The highest BCUT2D eigenvalue weighted by atomic mass is 35.5. The molecule has 1 N–H and O–H groups in total. The Morgan fingerprint density at radius 3 is 2.91 bits per heavy atom. The van der Waals surface area contributed by atoms with E-state index in [1.54, 1.807) is 4.57 Å². The van der Waals surface area contributed by atoms with Gasteiger partial charge in [-0.25, -0.2) is 14.4 Å². The smallest absolute Gasteiger partial charge is 0.164 e. The molecular formula is C15H15ClFN3O3. The second-order valence-corrected chi connectivity index (χ2v) is 6.52. The molecule has 0 spiro atoms. The van der Waals surface area contributed by atoms with E-state index in [9.17, 15) is 9.50 Å². The zero-order valence-corrected chi connectivity index (χ0v) is 13.3. The van der Waals surface area contributed by atoms with Gasteiger partial charge >= 0.3 is 0 Å². The third kappa shape index (κ3) is 2.19. The summed E-state index contributed by atoms with van der Waals surface area (Å²) in [7, 11) is 0. The zero-order valence-electron chi connectivity index (χ0n) is 12.5. The molecule has 0 aromatic carbocycles. The lowest BCUT2D eigenvalue weighted by Crippen LogP contribution is -2.28. The summed E-state index contributed by atoms with van der Waals surface area (Å²) in [5, 5.41) is 9.82. The Morgan fingerprint density at radius 1 is 1.39 bits per heavy atom. The molecule has 23 heavy (non-hydrogen) atoms. The molecular weight excluding hydrogens is 325 g/mol. The van der Waals surface area contributed by atoms with Gasteiger partial charge in [0.1, 0.15) is 29.3 Å². The number of hydrogen-bond acceptors (Lipinski definition) is 5. The Labute approximate surface area is 136 Å². The van der Waals surface area contributed by atoms with Gasteiger partial charge in [-0.15, -0.1) is 0 Å². The summed E-state index contributed by atoms with van der Waals surface area (Å²) in [5.74, 6) is -1.26. The first-order valence-electron chi connectivity index (χ1n) is 7.25. The van der Waals surface area contributed by atoms with Crippen LogP contribution in [0.5, 0.6) is 0 Å². The molecule has 0 saturated carbocycles. The highest BCUT2D eigenvalue weighted by molar-refractivity contribution is 6.34. The second-order valence-electron chi connectivity index (χ2n) is 6.16. The third-order valence-electron chi connectivity index (χ3n) is 4.24. The first-order valence-corrected chi connectivity index (χ1v) is 7.63. The number of ether oxygens (including phenoxy) is 2. The monoisotopic (exact) mass is 339 g/mol. The molecule has 0 amide bonds. The number of rotatable bonds is 2. The van der Waals surface area contributed by atoms with Crippen molar-refractivity contribution in [1.29, 1.82) is 0 Å². The van der Waals surface area contributed by atoms with E-state index in [1.807, 2.05) is 19.9 Å². The Bertz CT molecular complexity index is 820. The van der Waals surface area contributed by atoms with Crippen molar-refractivity contribution in [1.82, 2.24) is 14.5 Å². The predicted molar refractivity (Wildman–Crippen MR) is 80.5 cm³/mol. The van der Waals surface area contributed by atoms with Crippen molar-refractivity contribution in [3.63, 3.8) is 0 Å². The summed E-state index contributed by atoms with van der Waals surface area (Å²) in [4.78, 5) is 7.97. The van der Waals surface area contributed by atoms with E-state index >= 15 is 0 Å². The fraction of sp³-hybridized carbons (Fsp3) is 0.467. The lowest BCUT2D eigenvalue weighted by Gasteiger charge is -2.22. The fourth-order valence-electron chi connectivity index (χ4n) is 3.35. The van der Waals surface area contributed by atoms with Gasteiger partial charge in [0.2, 0.25) is 0 Å². The summed E-state index contributed by atoms with van der Waals surface area (Å²) in [6, 6.07) is -0.345. The molecule has 6 nitrogen and oxygen atoms in total. The van der Waals surface area contributed by atoms with Gasteiger partial charge in [0.05, 0.1) is 18.0 Å². The molecule has 122 valence electrons. The largest absolute Gasteiger partial charge is 0.392 e. The van der Waals surface area contributed by atoms with Crippen molar-refractivity contribution < 1.29 is 19.0 Å². The highest BCUT2D eigenvalue weighted by Crippen LogP contribution is 2.44. The number of aliphatic hydroxyl groups is 1. The quantitative estimate of drug-likeness (QED) is 0.671. The van der Waals surface area contributed by atoms with Gasteiger partial charge < -0.3 is 19.1 Å². The van der Waals surface area contributed by atoms with Gasteiger partial charge in [0, 0.05) is 6.20 Å². The van der Waals surface area contributed by atoms with E-state index in [1.165, 1.54) is 12.5 Å². The third-order valence-corrected chi connectivity index (χ3v) is 4.52. The van der Waals surface area contributed by atoms with E-state index in [0.29, 0.717) is 11.2 Å². The molecule has 2 aliphatic rings. The number of fused-ring (bicyclic) bond motifs is 2. The van der Waals surface area contributed by atoms with E-state index in [0.717, 1.165) is 0 Å². The van der Waals surface area contributed by atoms with Crippen LogP contribution in [0.25, 0.3) is 11.0 Å². The lowest BCUT2D eigenvalue weighted by molar-refractivity contribution is -0.148. The molecule has 3 heterocycles. The minimum absolute atomic E-state index is 0.0658. The maximum Gasteiger partial charge on any atom is 0.164 e. The van der Waals surface area contributed by atoms with Crippen LogP contribution in [-0.4, -0.2) is 44.2 Å². The molecule has 4 rings (SSSR count). The van der Waals surface area contributed by atoms with Crippen molar-refractivity contribution in [2.75, 3.05) is 6.61 Å². The molecule has 2 aromatic rings. The van der Waals surface area contributed by atoms with Gasteiger partial charge in [-0.2, -0.15) is 0 Å². The van der Waals surface area contributed by atoms with Gasteiger partial charge in [0.25, 0.3) is 0 Å². The molecule has 3 atom stereocenters. The molecule has 0 bridgehead atoms. The number of halogens is 2. The Morgan fingerprint density at radius 2 is 2.17 bits per heavy atom. The van der Waals surface area contributed by atoms with Crippen LogP contribution in [-0.2, 0) is 9.47 Å². The number of aromatic nitrogens is 3. The average molecular weight is 340 g/mol. The topological polar surface area (TPSA) is 69.4 Å². The molecule has 2 aromatic heterocycles. The van der Waals surface area contributed by atoms with Crippen LogP contribution in [0.3, 0.4) is 0 Å². The zero-order chi connectivity index (χ0) is 16.4. The van der Waals surface area contributed by atoms with Crippen LogP contribution in [0.15, 0.2) is 24.2 Å². The Hall–Kier alpha value is -1.54. The summed E-state index contributed by atoms with van der Waals surface area (Å²) in [5.41, 5.74) is 1.10. The molecule has 1 fully saturated rings. The van der Waals surface area contributed by atoms with Gasteiger partial charge in [0.15, 0.2) is 11.6 Å². The fourth-order valence-corrected chi connectivity index (χ4v) is 3.57. The average Bonchev–Trinajstić information content (AvgIpc) is 3.08. The van der Waals surface area contributed by atoms with Gasteiger partial charge in [-0.05, 0) is 19.4 Å². The highest BCUT2D eigenvalue weighted by Gasteiger charge is 2.50. The Kier molecular flexibility index (Phi) is 3.25. The maximum atomic E-state index is 14.3. The van der Waals surface area contributed by atoms with Crippen molar-refractivity contribution in [2.24, 2.45) is 0 Å². The molecule has 1 aliphatic heterocycles. The molecule has 0 radical (unpaired) electrons. The van der Waals surface area contributed by atoms with Crippen LogP contribution in [0.1, 0.15) is 19.9 Å². The number of nitrogens with zero attached hydrogens (tertiary/aromatic N) is 3. The number of hydrogen-bond donors (Lipinski definition) is 1. The molecule has 0 unspecified atom stereocenters. The van der Waals surface area contributed by atoms with Crippen LogP contribution in [0.2, 0.25) is 5.15 Å². The van der Waals surface area contributed by atoms with Gasteiger partial charge in [-0.1, -0.05) is 17.7 Å². The van der Waals surface area contributed by atoms with Crippen LogP contribution < -0.4 is 0 Å². The van der Waals surface area contributed by atoms with Crippen molar-refractivity contribution in [3.05, 3.63) is 35.1 Å². The van der Waals surface area contributed by atoms with E-state index in [-0.39, 0.29) is 35.4 Å². The summed E-state index contributed by atoms with van der Waals surface area (Å²) >= 11 is 5.98. The summed E-state index contributed by atoms with van der Waals surface area (Å²) in [6.07, 6.45) is 3.73. The minimum atomic E-state index is -0.767. The van der Waals surface area contributed by atoms with E-state index < -0.39 is 11.6 Å². The standard InChI is InChI=1S/C15H15ClFN3O3/c1-15(2)22-11-7(5-21)3-9(12(11)23-15)20-4-8(17)10-13(16)18-6-19-14(10)20/h3-4,6,9,11-12,21H,5H2,1-2H3/t9-,11-,12+/m1/s1. The lowest BCUT2D eigenvalue weighted by atomic mass is 10.1. The summed E-state index contributed by atoms with van der Waals surface area (Å²) < 4.78 is 27.7.